The first-order valence-electron chi connectivity index (χ1n) is 13.4. The summed E-state index contributed by atoms with van der Waals surface area (Å²) in [6.45, 7) is 4.59. The van der Waals surface area contributed by atoms with Crippen LogP contribution < -0.4 is 5.32 Å². The van der Waals surface area contributed by atoms with Gasteiger partial charge >= 0.3 is 7.82 Å². The van der Waals surface area contributed by atoms with Crippen LogP contribution in [0.2, 0.25) is 0 Å². The highest BCUT2D eigenvalue weighted by Crippen LogP contribution is 2.43. The summed E-state index contributed by atoms with van der Waals surface area (Å²) in [4.78, 5) is 22.2. The van der Waals surface area contributed by atoms with Crippen LogP contribution in [0.15, 0.2) is 0 Å². The van der Waals surface area contributed by atoms with E-state index in [0.717, 1.165) is 32.1 Å². The molecule has 34 heavy (non-hydrogen) atoms. The zero-order valence-corrected chi connectivity index (χ0v) is 23.5. The molecule has 0 aliphatic rings. The summed E-state index contributed by atoms with van der Waals surface area (Å²) in [5, 5.41) is 13.5. The van der Waals surface area contributed by atoms with Gasteiger partial charge in [-0.1, -0.05) is 84.5 Å². The number of nitrogens with zero attached hydrogens (tertiary/aromatic N) is 1. The van der Waals surface area contributed by atoms with Crippen LogP contribution in [0.25, 0.3) is 0 Å². The predicted molar refractivity (Wildman–Crippen MR) is 139 cm³/mol. The lowest BCUT2D eigenvalue weighted by atomic mass is 10.0. The Morgan fingerprint density at radius 2 is 1.41 bits per heavy atom. The molecule has 3 unspecified atom stereocenters. The van der Waals surface area contributed by atoms with Gasteiger partial charge in [-0.25, -0.2) is 4.57 Å². The van der Waals surface area contributed by atoms with Crippen molar-refractivity contribution in [3.05, 3.63) is 0 Å². The number of likely N-dealkylation sites (N-methyl/N-ethyl adjacent to an activating group) is 1. The molecule has 0 aliphatic carbocycles. The molecule has 0 fully saturated rings. The van der Waals surface area contributed by atoms with Crippen molar-refractivity contribution >= 4 is 13.7 Å². The average Bonchev–Trinajstić information content (AvgIpc) is 2.75. The van der Waals surface area contributed by atoms with Crippen LogP contribution in [0.1, 0.15) is 104 Å². The predicted octanol–water partition coefficient (Wildman–Crippen LogP) is 5.17. The summed E-state index contributed by atoms with van der Waals surface area (Å²) < 4.78 is 23.0. The summed E-state index contributed by atoms with van der Waals surface area (Å²) in [6, 6.07) is -0.745. The van der Waals surface area contributed by atoms with E-state index in [9.17, 15) is 19.4 Å². The number of nitrogens with one attached hydrogen (secondary N) is 1. The van der Waals surface area contributed by atoms with Crippen LogP contribution in [0.3, 0.4) is 0 Å². The highest BCUT2D eigenvalue weighted by molar-refractivity contribution is 7.47. The molecule has 0 radical (unpaired) electrons. The molecule has 204 valence electrons. The van der Waals surface area contributed by atoms with Crippen LogP contribution in [-0.4, -0.2) is 73.4 Å². The lowest BCUT2D eigenvalue weighted by molar-refractivity contribution is -0.870. The number of aliphatic hydroxyl groups is 1. The van der Waals surface area contributed by atoms with Crippen LogP contribution in [0.4, 0.5) is 0 Å². The third-order valence-electron chi connectivity index (χ3n) is 5.86. The van der Waals surface area contributed by atoms with Gasteiger partial charge in [-0.15, -0.1) is 0 Å². The molecular formula is C25H54N2O6P+. The largest absolute Gasteiger partial charge is 0.472 e. The Balaban J connectivity index is 4.46. The molecule has 8 nitrogen and oxygen atoms in total. The summed E-state index contributed by atoms with van der Waals surface area (Å²) in [6.07, 6.45) is 13.7. The first-order chi connectivity index (χ1) is 16.0. The Morgan fingerprint density at radius 1 is 0.882 bits per heavy atom. The molecule has 0 aromatic rings. The SMILES string of the molecule is CCCCCCCCCCCCC(O)C(COP(=O)(O)OCC[N+](C)(C)C)NC(=O)CCCC. The van der Waals surface area contributed by atoms with E-state index in [0.29, 0.717) is 23.9 Å². The molecule has 0 aliphatic heterocycles. The lowest BCUT2D eigenvalue weighted by Crippen LogP contribution is -2.46. The van der Waals surface area contributed by atoms with Crippen molar-refractivity contribution in [1.82, 2.24) is 5.32 Å². The zero-order valence-electron chi connectivity index (χ0n) is 22.6. The van der Waals surface area contributed by atoms with Crippen molar-refractivity contribution < 1.29 is 32.9 Å². The molecule has 9 heteroatoms. The van der Waals surface area contributed by atoms with Crippen molar-refractivity contribution in [1.29, 1.82) is 0 Å². The van der Waals surface area contributed by atoms with Gasteiger partial charge in [0.15, 0.2) is 0 Å². The monoisotopic (exact) mass is 509 g/mol. The van der Waals surface area contributed by atoms with Gasteiger partial charge < -0.3 is 19.8 Å². The molecule has 0 rings (SSSR count). The average molecular weight is 510 g/mol. The number of phosphoric acid groups is 1. The molecule has 0 aromatic carbocycles. The molecule has 0 heterocycles. The van der Waals surface area contributed by atoms with Gasteiger partial charge in [0.1, 0.15) is 13.2 Å². The molecule has 3 atom stereocenters. The fourth-order valence-electron chi connectivity index (χ4n) is 3.55. The molecular weight excluding hydrogens is 455 g/mol. The quantitative estimate of drug-likeness (QED) is 0.0997. The number of amides is 1. The van der Waals surface area contributed by atoms with E-state index in [1.165, 1.54) is 44.9 Å². The van der Waals surface area contributed by atoms with Gasteiger partial charge in [-0.2, -0.15) is 0 Å². The smallest absolute Gasteiger partial charge is 0.391 e. The Hall–Kier alpha value is -0.500. The Kier molecular flexibility index (Phi) is 19.4. The first kappa shape index (κ1) is 33.5. The van der Waals surface area contributed by atoms with Crippen molar-refractivity contribution in [2.24, 2.45) is 0 Å². The topological polar surface area (TPSA) is 105 Å². The fourth-order valence-corrected chi connectivity index (χ4v) is 4.29. The number of carbonyl (C=O) groups is 1. The molecule has 0 saturated carbocycles. The molecule has 0 spiro atoms. The zero-order chi connectivity index (χ0) is 25.9. The van der Waals surface area contributed by atoms with Crippen molar-refractivity contribution in [3.63, 3.8) is 0 Å². The van der Waals surface area contributed by atoms with Crippen LogP contribution in [-0.2, 0) is 18.4 Å². The van der Waals surface area contributed by atoms with E-state index in [-0.39, 0.29) is 19.1 Å². The second-order valence-electron chi connectivity index (χ2n) is 10.4. The maximum Gasteiger partial charge on any atom is 0.472 e. The first-order valence-corrected chi connectivity index (χ1v) is 14.9. The van der Waals surface area contributed by atoms with Gasteiger partial charge in [0, 0.05) is 6.42 Å². The molecule has 0 bridgehead atoms. The molecule has 3 N–H and O–H groups in total. The minimum Gasteiger partial charge on any atom is -0.391 e. The highest BCUT2D eigenvalue weighted by Gasteiger charge is 2.28. The normalized spacial score (nSPS) is 15.6. The van der Waals surface area contributed by atoms with Crippen LogP contribution in [0, 0.1) is 0 Å². The number of hydrogen-bond donors (Lipinski definition) is 3. The molecule has 0 saturated heterocycles. The third-order valence-corrected chi connectivity index (χ3v) is 6.84. The van der Waals surface area contributed by atoms with Gasteiger partial charge in [0.25, 0.3) is 0 Å². The number of carbonyl (C=O) groups excluding carboxylic acids is 1. The van der Waals surface area contributed by atoms with Gasteiger partial charge in [0.05, 0.1) is 39.9 Å². The van der Waals surface area contributed by atoms with Gasteiger partial charge in [-0.3, -0.25) is 13.8 Å². The summed E-state index contributed by atoms with van der Waals surface area (Å²) in [5.41, 5.74) is 0. The Morgan fingerprint density at radius 3 is 1.94 bits per heavy atom. The summed E-state index contributed by atoms with van der Waals surface area (Å²) >= 11 is 0. The number of aliphatic hydroxyl groups excluding tert-OH is 1. The van der Waals surface area contributed by atoms with E-state index in [4.69, 9.17) is 9.05 Å². The van der Waals surface area contributed by atoms with E-state index < -0.39 is 20.0 Å². The maximum atomic E-state index is 12.2. The van der Waals surface area contributed by atoms with Gasteiger partial charge in [0.2, 0.25) is 5.91 Å². The second-order valence-corrected chi connectivity index (χ2v) is 11.9. The lowest BCUT2D eigenvalue weighted by Gasteiger charge is -2.26. The minimum atomic E-state index is -4.26. The fraction of sp³-hybridized carbons (Fsp3) is 0.960. The van der Waals surface area contributed by atoms with Crippen LogP contribution in [0.5, 0.6) is 0 Å². The van der Waals surface area contributed by atoms with E-state index >= 15 is 0 Å². The van der Waals surface area contributed by atoms with E-state index in [1.54, 1.807) is 0 Å². The summed E-state index contributed by atoms with van der Waals surface area (Å²) in [7, 11) is 1.61. The van der Waals surface area contributed by atoms with E-state index in [2.05, 4.69) is 12.2 Å². The van der Waals surface area contributed by atoms with E-state index in [1.807, 2.05) is 28.1 Å². The highest BCUT2D eigenvalue weighted by atomic mass is 31.2. The Bertz CT molecular complexity index is 556. The van der Waals surface area contributed by atoms with Gasteiger partial charge in [-0.05, 0) is 12.8 Å². The number of hydrogen-bond acceptors (Lipinski definition) is 5. The second kappa shape index (κ2) is 19.7. The minimum absolute atomic E-state index is 0.0754. The standard InChI is InChI=1S/C25H53N2O6P/c1-6-8-10-11-12-13-14-15-16-17-18-24(28)23(26-25(29)19-9-7-2)22-33-34(30,31)32-21-20-27(3,4)5/h23-24,28H,6-22H2,1-5H3,(H-,26,29,30,31)/p+1. The number of rotatable bonds is 23. The number of quaternary nitrogens is 1. The number of phosphoric ester groups is 1. The Labute approximate surface area is 209 Å². The summed E-state index contributed by atoms with van der Waals surface area (Å²) in [5.74, 6) is -0.184. The molecule has 1 amide bonds. The molecule has 0 aromatic heterocycles. The van der Waals surface area contributed by atoms with Crippen molar-refractivity contribution in [3.8, 4) is 0 Å². The van der Waals surface area contributed by atoms with Crippen molar-refractivity contribution in [2.45, 2.75) is 116 Å². The van der Waals surface area contributed by atoms with Crippen LogP contribution >= 0.6 is 7.82 Å². The number of unbranched alkanes of at least 4 members (excludes halogenated alkanes) is 10. The maximum absolute atomic E-state index is 12.2. The van der Waals surface area contributed by atoms with Crippen molar-refractivity contribution in [2.75, 3.05) is 40.9 Å². The third kappa shape index (κ3) is 20.8.